The number of fused-ring (bicyclic) bond motifs is 1. The molecule has 0 spiro atoms. The zero-order valence-electron chi connectivity index (χ0n) is 13.3. The third-order valence-electron chi connectivity index (χ3n) is 4.28. The van der Waals surface area contributed by atoms with Gasteiger partial charge in [-0.2, -0.15) is 0 Å². The molecule has 1 saturated heterocycles. The molecule has 1 aliphatic heterocycles. The minimum Gasteiger partial charge on any atom is -0.345 e. The Bertz CT molecular complexity index is 902. The lowest BCUT2D eigenvalue weighted by molar-refractivity contribution is 0.0742. The first-order valence-corrected chi connectivity index (χ1v) is 8.78. The van der Waals surface area contributed by atoms with Crippen molar-refractivity contribution in [2.75, 3.05) is 31.1 Å². The van der Waals surface area contributed by atoms with E-state index in [1.54, 1.807) is 16.2 Å². The predicted molar refractivity (Wildman–Crippen MR) is 94.1 cm³/mol. The third-order valence-corrected chi connectivity index (χ3v) is 5.38. The summed E-state index contributed by atoms with van der Waals surface area (Å²) < 4.78 is 27.9. The first-order chi connectivity index (χ1) is 12.1. The van der Waals surface area contributed by atoms with E-state index in [2.05, 4.69) is 9.88 Å². The van der Waals surface area contributed by atoms with Gasteiger partial charge < -0.3 is 9.80 Å². The summed E-state index contributed by atoms with van der Waals surface area (Å²) in [5, 5.41) is 0.932. The number of aromatic nitrogens is 1. The van der Waals surface area contributed by atoms with Crippen LogP contribution in [0.1, 0.15) is 10.4 Å². The smallest absolute Gasteiger partial charge is 0.256 e. The summed E-state index contributed by atoms with van der Waals surface area (Å²) in [4.78, 5) is 20.8. The lowest BCUT2D eigenvalue weighted by atomic mass is 10.1. The Morgan fingerprint density at radius 3 is 2.52 bits per heavy atom. The van der Waals surface area contributed by atoms with Gasteiger partial charge in [0.1, 0.15) is 11.6 Å². The van der Waals surface area contributed by atoms with Gasteiger partial charge >= 0.3 is 0 Å². The molecule has 1 amide bonds. The average molecular weight is 359 g/mol. The molecule has 1 aromatic heterocycles. The molecule has 0 aliphatic carbocycles. The van der Waals surface area contributed by atoms with Gasteiger partial charge in [-0.3, -0.25) is 4.79 Å². The fraction of sp³-hybridized carbons (Fsp3) is 0.222. The Kier molecular flexibility index (Phi) is 4.09. The Hall–Kier alpha value is -2.54. The van der Waals surface area contributed by atoms with E-state index in [0.717, 1.165) is 27.5 Å². The highest BCUT2D eigenvalue weighted by Gasteiger charge is 2.25. The van der Waals surface area contributed by atoms with E-state index in [1.165, 1.54) is 6.07 Å². The number of anilines is 1. The first-order valence-electron chi connectivity index (χ1n) is 7.97. The van der Waals surface area contributed by atoms with Crippen LogP contribution in [0.5, 0.6) is 0 Å². The number of rotatable bonds is 2. The minimum absolute atomic E-state index is 0.0881. The number of para-hydroxylation sites is 1. The molecule has 1 aliphatic rings. The van der Waals surface area contributed by atoms with Gasteiger partial charge in [-0.15, -0.1) is 0 Å². The molecular weight excluding hydrogens is 344 g/mol. The van der Waals surface area contributed by atoms with Crippen molar-refractivity contribution in [3.8, 4) is 0 Å². The number of carbonyl (C=O) groups is 1. The first kappa shape index (κ1) is 16.0. The Labute approximate surface area is 147 Å². The largest absolute Gasteiger partial charge is 0.345 e. The SMILES string of the molecule is O=C(c1ccc(F)cc1F)N1CCN(c2nc3ccccc3s2)CC1. The van der Waals surface area contributed by atoms with Crippen LogP contribution < -0.4 is 4.90 Å². The summed E-state index contributed by atoms with van der Waals surface area (Å²) in [6, 6.07) is 11.0. The van der Waals surface area contributed by atoms with Crippen molar-refractivity contribution in [2.45, 2.75) is 0 Å². The van der Waals surface area contributed by atoms with Crippen LogP contribution in [0.2, 0.25) is 0 Å². The van der Waals surface area contributed by atoms with Crippen molar-refractivity contribution in [1.82, 2.24) is 9.88 Å². The van der Waals surface area contributed by atoms with Gasteiger partial charge in [-0.25, -0.2) is 13.8 Å². The van der Waals surface area contributed by atoms with Crippen molar-refractivity contribution in [3.63, 3.8) is 0 Å². The number of nitrogens with zero attached hydrogens (tertiary/aromatic N) is 3. The van der Waals surface area contributed by atoms with E-state index < -0.39 is 17.5 Å². The van der Waals surface area contributed by atoms with Crippen molar-refractivity contribution in [2.24, 2.45) is 0 Å². The summed E-state index contributed by atoms with van der Waals surface area (Å²) >= 11 is 1.62. The summed E-state index contributed by atoms with van der Waals surface area (Å²) in [6.07, 6.45) is 0. The van der Waals surface area contributed by atoms with Gasteiger partial charge in [0.15, 0.2) is 5.13 Å². The molecule has 0 saturated carbocycles. The number of benzene rings is 2. The molecule has 0 radical (unpaired) electrons. The van der Waals surface area contributed by atoms with Crippen molar-refractivity contribution >= 4 is 32.6 Å². The topological polar surface area (TPSA) is 36.4 Å². The molecule has 0 unspecified atom stereocenters. The molecule has 2 aromatic carbocycles. The fourth-order valence-electron chi connectivity index (χ4n) is 2.93. The van der Waals surface area contributed by atoms with E-state index in [9.17, 15) is 13.6 Å². The molecule has 0 N–H and O–H groups in total. The van der Waals surface area contributed by atoms with Crippen LogP contribution in [0.15, 0.2) is 42.5 Å². The van der Waals surface area contributed by atoms with Gasteiger partial charge in [-0.1, -0.05) is 23.5 Å². The summed E-state index contributed by atoms with van der Waals surface area (Å²) in [5.41, 5.74) is 0.879. The quantitative estimate of drug-likeness (QED) is 0.702. The van der Waals surface area contributed by atoms with Gasteiger partial charge in [0.25, 0.3) is 5.91 Å². The van der Waals surface area contributed by atoms with Gasteiger partial charge in [0.05, 0.1) is 15.8 Å². The van der Waals surface area contributed by atoms with E-state index >= 15 is 0 Å². The van der Waals surface area contributed by atoms with Gasteiger partial charge in [0, 0.05) is 32.2 Å². The number of halogens is 2. The highest BCUT2D eigenvalue weighted by atomic mass is 32.1. The van der Waals surface area contributed by atoms with E-state index in [0.29, 0.717) is 26.2 Å². The van der Waals surface area contributed by atoms with Crippen molar-refractivity contribution in [3.05, 3.63) is 59.7 Å². The molecular formula is C18H15F2N3OS. The van der Waals surface area contributed by atoms with E-state index in [-0.39, 0.29) is 5.56 Å². The molecule has 2 heterocycles. The summed E-state index contributed by atoms with van der Waals surface area (Å²) in [7, 11) is 0. The number of thiazole rings is 1. The lowest BCUT2D eigenvalue weighted by Crippen LogP contribution is -2.49. The van der Waals surface area contributed by atoms with E-state index in [4.69, 9.17) is 0 Å². The van der Waals surface area contributed by atoms with Crippen LogP contribution in [0.3, 0.4) is 0 Å². The third kappa shape index (κ3) is 3.07. The molecule has 0 atom stereocenters. The summed E-state index contributed by atoms with van der Waals surface area (Å²) in [6.45, 7) is 2.22. The molecule has 128 valence electrons. The van der Waals surface area contributed by atoms with Crippen molar-refractivity contribution in [1.29, 1.82) is 0 Å². The molecule has 3 aromatic rings. The van der Waals surface area contributed by atoms with Crippen LogP contribution in [0.4, 0.5) is 13.9 Å². The van der Waals surface area contributed by atoms with Crippen LogP contribution >= 0.6 is 11.3 Å². The van der Waals surface area contributed by atoms with Crippen LogP contribution in [-0.2, 0) is 0 Å². The van der Waals surface area contributed by atoms with Crippen LogP contribution in [-0.4, -0.2) is 42.0 Å². The van der Waals surface area contributed by atoms with Gasteiger partial charge in [0.2, 0.25) is 0 Å². The maximum Gasteiger partial charge on any atom is 0.256 e. The number of amides is 1. The summed E-state index contributed by atoms with van der Waals surface area (Å²) in [5.74, 6) is -1.91. The standard InChI is InChI=1S/C18H15F2N3OS/c19-12-5-6-13(14(20)11-12)17(24)22-7-9-23(10-8-22)18-21-15-3-1-2-4-16(15)25-18/h1-6,11H,7-10H2. The molecule has 7 heteroatoms. The van der Waals surface area contributed by atoms with Gasteiger partial charge in [-0.05, 0) is 24.3 Å². The fourth-order valence-corrected chi connectivity index (χ4v) is 3.95. The van der Waals surface area contributed by atoms with Crippen LogP contribution in [0, 0.1) is 11.6 Å². The normalized spacial score (nSPS) is 15.0. The maximum absolute atomic E-state index is 13.8. The monoisotopic (exact) mass is 359 g/mol. The number of carbonyl (C=O) groups excluding carboxylic acids is 1. The second-order valence-electron chi connectivity index (χ2n) is 5.87. The number of hydrogen-bond donors (Lipinski definition) is 0. The molecule has 0 bridgehead atoms. The highest BCUT2D eigenvalue weighted by Crippen LogP contribution is 2.29. The Morgan fingerprint density at radius 1 is 1.04 bits per heavy atom. The van der Waals surface area contributed by atoms with Crippen LogP contribution in [0.25, 0.3) is 10.2 Å². The predicted octanol–water partition coefficient (Wildman–Crippen LogP) is 3.54. The number of hydrogen-bond acceptors (Lipinski definition) is 4. The average Bonchev–Trinajstić information content (AvgIpc) is 3.05. The second kappa shape index (κ2) is 6.40. The Morgan fingerprint density at radius 2 is 1.80 bits per heavy atom. The lowest BCUT2D eigenvalue weighted by Gasteiger charge is -2.34. The maximum atomic E-state index is 13.8. The van der Waals surface area contributed by atoms with Crippen molar-refractivity contribution < 1.29 is 13.6 Å². The molecule has 4 rings (SSSR count). The molecule has 25 heavy (non-hydrogen) atoms. The highest BCUT2D eigenvalue weighted by molar-refractivity contribution is 7.22. The second-order valence-corrected chi connectivity index (χ2v) is 6.88. The zero-order chi connectivity index (χ0) is 17.4. The molecule has 1 fully saturated rings. The number of piperazine rings is 1. The van der Waals surface area contributed by atoms with E-state index in [1.807, 2.05) is 24.3 Å². The molecule has 4 nitrogen and oxygen atoms in total. The zero-order valence-corrected chi connectivity index (χ0v) is 14.1. The Balaban J connectivity index is 1.46. The minimum atomic E-state index is -0.821.